The number of carbonyl (C=O) groups is 1. The number of nitrogens with one attached hydrogen (secondary N) is 1. The molecular weight excluding hydrogens is 304 g/mol. The first kappa shape index (κ1) is 12.5. The van der Waals surface area contributed by atoms with Gasteiger partial charge in [-0.05, 0) is 18.2 Å². The van der Waals surface area contributed by atoms with Gasteiger partial charge in [-0.2, -0.15) is 0 Å². The molecule has 0 aliphatic rings. The zero-order valence-electron chi connectivity index (χ0n) is 9.09. The Morgan fingerprint density at radius 1 is 1.56 bits per heavy atom. The highest BCUT2D eigenvalue weighted by atomic mass is 79.9. The van der Waals surface area contributed by atoms with Crippen LogP contribution in [0.5, 0.6) is 0 Å². The van der Waals surface area contributed by atoms with E-state index in [1.54, 1.807) is 18.2 Å². The molecule has 0 aliphatic carbocycles. The van der Waals surface area contributed by atoms with Crippen LogP contribution in [0.2, 0.25) is 0 Å². The molecule has 0 radical (unpaired) electrons. The molecule has 2 aromatic rings. The van der Waals surface area contributed by atoms with E-state index < -0.39 is 10.8 Å². The summed E-state index contributed by atoms with van der Waals surface area (Å²) in [5.74, 6) is 4.58. The third-order valence-electron chi connectivity index (χ3n) is 2.49. The number of benzene rings is 1. The van der Waals surface area contributed by atoms with Gasteiger partial charge in [0.1, 0.15) is 6.54 Å². The Morgan fingerprint density at radius 3 is 2.89 bits per heavy atom. The number of halogens is 1. The normalized spacial score (nSPS) is 10.6. The van der Waals surface area contributed by atoms with Gasteiger partial charge in [0.25, 0.3) is 11.6 Å². The second-order valence-corrected chi connectivity index (χ2v) is 4.54. The number of nitro groups is 1. The minimum atomic E-state index is -0.479. The van der Waals surface area contributed by atoms with Crippen molar-refractivity contribution in [1.82, 2.24) is 9.99 Å². The third-order valence-corrected chi connectivity index (χ3v) is 2.99. The van der Waals surface area contributed by atoms with E-state index in [4.69, 9.17) is 5.84 Å². The van der Waals surface area contributed by atoms with Gasteiger partial charge in [0, 0.05) is 4.47 Å². The van der Waals surface area contributed by atoms with Crippen molar-refractivity contribution >= 4 is 38.4 Å². The van der Waals surface area contributed by atoms with Gasteiger partial charge in [0.05, 0.1) is 22.0 Å². The van der Waals surface area contributed by atoms with Crippen molar-refractivity contribution in [3.05, 3.63) is 39.0 Å². The fourth-order valence-corrected chi connectivity index (χ4v) is 2.07. The number of amides is 1. The van der Waals surface area contributed by atoms with E-state index in [9.17, 15) is 14.9 Å². The summed E-state index contributed by atoms with van der Waals surface area (Å²) >= 11 is 3.29. The summed E-state index contributed by atoms with van der Waals surface area (Å²) in [6.07, 6.45) is 1.33. The molecule has 1 aromatic heterocycles. The fourth-order valence-electron chi connectivity index (χ4n) is 1.72. The zero-order chi connectivity index (χ0) is 13.3. The van der Waals surface area contributed by atoms with E-state index in [2.05, 4.69) is 15.9 Å². The summed E-state index contributed by atoms with van der Waals surface area (Å²) in [4.78, 5) is 21.7. The molecule has 2 rings (SSSR count). The molecule has 0 saturated heterocycles. The standard InChI is InChI=1S/C10H9BrN4O3/c11-6-1-2-7-8(3-6)14(5-10(16)13-12)4-9(7)15(17)18/h1-4H,5,12H2,(H,13,16). The predicted molar refractivity (Wildman–Crippen MR) is 68.6 cm³/mol. The van der Waals surface area contributed by atoms with Crippen LogP contribution in [0.1, 0.15) is 0 Å². The molecule has 3 N–H and O–H groups in total. The summed E-state index contributed by atoms with van der Waals surface area (Å²) < 4.78 is 2.26. The molecule has 0 fully saturated rings. The largest absolute Gasteiger partial charge is 0.332 e. The number of hydrogen-bond donors (Lipinski definition) is 2. The van der Waals surface area contributed by atoms with Gasteiger partial charge in [-0.15, -0.1) is 0 Å². The van der Waals surface area contributed by atoms with Gasteiger partial charge < -0.3 is 4.57 Å². The van der Waals surface area contributed by atoms with E-state index in [0.29, 0.717) is 10.9 Å². The lowest BCUT2D eigenvalue weighted by molar-refractivity contribution is -0.383. The van der Waals surface area contributed by atoms with Crippen molar-refractivity contribution in [3.63, 3.8) is 0 Å². The molecule has 0 aliphatic heterocycles. The quantitative estimate of drug-likeness (QED) is 0.386. The molecule has 0 saturated carbocycles. The number of carbonyl (C=O) groups excluding carboxylic acids is 1. The van der Waals surface area contributed by atoms with Crippen LogP contribution < -0.4 is 11.3 Å². The summed E-state index contributed by atoms with van der Waals surface area (Å²) in [6.45, 7) is -0.0721. The topological polar surface area (TPSA) is 103 Å². The maximum absolute atomic E-state index is 11.3. The van der Waals surface area contributed by atoms with E-state index in [-0.39, 0.29) is 12.2 Å². The summed E-state index contributed by atoms with van der Waals surface area (Å²) in [5.41, 5.74) is 2.55. The number of hydrogen-bond acceptors (Lipinski definition) is 4. The summed E-state index contributed by atoms with van der Waals surface area (Å²) in [5, 5.41) is 11.4. The SMILES string of the molecule is NNC(=O)Cn1cc([N+](=O)[O-])c2ccc(Br)cc21. The molecule has 0 bridgehead atoms. The Morgan fingerprint density at radius 2 is 2.28 bits per heavy atom. The molecule has 94 valence electrons. The van der Waals surface area contributed by atoms with E-state index in [0.717, 1.165) is 4.47 Å². The Kier molecular flexibility index (Phi) is 3.30. The number of rotatable bonds is 3. The molecular formula is C10H9BrN4O3. The lowest BCUT2D eigenvalue weighted by atomic mass is 10.2. The molecule has 0 unspecified atom stereocenters. The van der Waals surface area contributed by atoms with Crippen LogP contribution in [-0.2, 0) is 11.3 Å². The van der Waals surface area contributed by atoms with Crippen molar-refractivity contribution in [3.8, 4) is 0 Å². The van der Waals surface area contributed by atoms with Crippen molar-refractivity contribution in [2.75, 3.05) is 0 Å². The highest BCUT2D eigenvalue weighted by Gasteiger charge is 2.18. The maximum Gasteiger partial charge on any atom is 0.294 e. The van der Waals surface area contributed by atoms with Gasteiger partial charge in [-0.3, -0.25) is 20.3 Å². The second-order valence-electron chi connectivity index (χ2n) is 3.63. The zero-order valence-corrected chi connectivity index (χ0v) is 10.7. The van der Waals surface area contributed by atoms with E-state index in [1.165, 1.54) is 10.8 Å². The van der Waals surface area contributed by atoms with Crippen LogP contribution in [0.3, 0.4) is 0 Å². The van der Waals surface area contributed by atoms with Gasteiger partial charge >= 0.3 is 0 Å². The average Bonchev–Trinajstić information content (AvgIpc) is 2.67. The monoisotopic (exact) mass is 312 g/mol. The predicted octanol–water partition coefficient (Wildman–Crippen LogP) is 1.30. The molecule has 1 aromatic carbocycles. The lowest BCUT2D eigenvalue weighted by Gasteiger charge is -2.03. The Hall–Kier alpha value is -1.93. The molecule has 0 spiro atoms. The van der Waals surface area contributed by atoms with Gasteiger partial charge in [0.15, 0.2) is 0 Å². The minimum Gasteiger partial charge on any atom is -0.332 e. The van der Waals surface area contributed by atoms with E-state index in [1.807, 2.05) is 5.43 Å². The van der Waals surface area contributed by atoms with Crippen LogP contribution in [0.15, 0.2) is 28.9 Å². The van der Waals surface area contributed by atoms with Gasteiger partial charge in [-0.25, -0.2) is 5.84 Å². The van der Waals surface area contributed by atoms with Crippen molar-refractivity contribution in [1.29, 1.82) is 0 Å². The van der Waals surface area contributed by atoms with Crippen LogP contribution >= 0.6 is 15.9 Å². The highest BCUT2D eigenvalue weighted by Crippen LogP contribution is 2.29. The molecule has 0 atom stereocenters. The van der Waals surface area contributed by atoms with Crippen molar-refractivity contribution in [2.45, 2.75) is 6.54 Å². The Bertz CT molecular complexity index is 637. The second kappa shape index (κ2) is 4.75. The Balaban J connectivity index is 2.61. The molecule has 1 amide bonds. The highest BCUT2D eigenvalue weighted by molar-refractivity contribution is 9.10. The first-order valence-corrected chi connectivity index (χ1v) is 5.74. The first-order chi connectivity index (χ1) is 8.52. The van der Waals surface area contributed by atoms with Crippen LogP contribution in [-0.4, -0.2) is 15.4 Å². The molecule has 7 nitrogen and oxygen atoms in total. The smallest absolute Gasteiger partial charge is 0.294 e. The summed E-state index contributed by atoms with van der Waals surface area (Å²) in [6, 6.07) is 5.06. The number of fused-ring (bicyclic) bond motifs is 1. The van der Waals surface area contributed by atoms with Crippen molar-refractivity contribution < 1.29 is 9.72 Å². The third kappa shape index (κ3) is 2.20. The number of aromatic nitrogens is 1. The van der Waals surface area contributed by atoms with E-state index >= 15 is 0 Å². The number of nitrogens with two attached hydrogens (primary N) is 1. The van der Waals surface area contributed by atoms with Crippen LogP contribution in [0.25, 0.3) is 10.9 Å². The number of nitrogens with zero attached hydrogens (tertiary/aromatic N) is 2. The first-order valence-electron chi connectivity index (χ1n) is 4.95. The molecule has 1 heterocycles. The number of hydrazine groups is 1. The van der Waals surface area contributed by atoms with Crippen LogP contribution in [0, 0.1) is 10.1 Å². The van der Waals surface area contributed by atoms with Crippen molar-refractivity contribution in [2.24, 2.45) is 5.84 Å². The fraction of sp³-hybridized carbons (Fsp3) is 0.100. The Labute approximate surface area is 110 Å². The minimum absolute atomic E-state index is 0.0395. The maximum atomic E-state index is 11.3. The summed E-state index contributed by atoms with van der Waals surface area (Å²) in [7, 11) is 0. The molecule has 18 heavy (non-hydrogen) atoms. The molecule has 8 heteroatoms. The van der Waals surface area contributed by atoms with Gasteiger partial charge in [-0.1, -0.05) is 15.9 Å². The van der Waals surface area contributed by atoms with Gasteiger partial charge in [0.2, 0.25) is 0 Å². The average molecular weight is 313 g/mol. The van der Waals surface area contributed by atoms with Crippen LogP contribution in [0.4, 0.5) is 5.69 Å². The lowest BCUT2D eigenvalue weighted by Crippen LogP contribution is -2.33.